The molecule has 0 bridgehead atoms. The van der Waals surface area contributed by atoms with Crippen molar-refractivity contribution in [2.45, 2.75) is 13.0 Å². The Bertz CT molecular complexity index is 1230. The largest absolute Gasteiger partial charge is 0.464 e. The van der Waals surface area contributed by atoms with Gasteiger partial charge in [0.25, 0.3) is 0 Å². The Morgan fingerprint density at radius 3 is 2.15 bits per heavy atom. The minimum Gasteiger partial charge on any atom is -0.464 e. The smallest absolute Gasteiger partial charge is 0.331 e. The zero-order valence-electron chi connectivity index (χ0n) is 17.4. The first kappa shape index (κ1) is 21.2. The van der Waals surface area contributed by atoms with E-state index in [4.69, 9.17) is 16.3 Å². The summed E-state index contributed by atoms with van der Waals surface area (Å²) in [7, 11) is 0. The summed E-state index contributed by atoms with van der Waals surface area (Å²) in [6, 6.07) is 11.1. The molecule has 2 amide bonds. The molecule has 1 aliphatic carbocycles. The minimum absolute atomic E-state index is 0.0489. The maximum atomic E-state index is 13.5. The predicted molar refractivity (Wildman–Crippen MR) is 117 cm³/mol. The van der Waals surface area contributed by atoms with E-state index in [1.54, 1.807) is 19.1 Å². The van der Waals surface area contributed by atoms with Gasteiger partial charge in [0.15, 0.2) is 17.6 Å². The first-order valence-corrected chi connectivity index (χ1v) is 10.8. The van der Waals surface area contributed by atoms with Crippen LogP contribution >= 0.6 is 11.6 Å². The maximum Gasteiger partial charge on any atom is 0.331 e. The van der Waals surface area contributed by atoms with E-state index in [1.165, 1.54) is 36.4 Å². The van der Waals surface area contributed by atoms with Gasteiger partial charge in [-0.2, -0.15) is 0 Å². The molecule has 2 aliphatic heterocycles. The summed E-state index contributed by atoms with van der Waals surface area (Å²) in [5, 5.41) is 0.421. The third-order valence-electron chi connectivity index (χ3n) is 6.19. The molecule has 5 rings (SSSR count). The van der Waals surface area contributed by atoms with Crippen LogP contribution in [0.2, 0.25) is 5.02 Å². The van der Waals surface area contributed by atoms with Gasteiger partial charge < -0.3 is 4.74 Å². The lowest BCUT2D eigenvalue weighted by atomic mass is 9.82. The first-order valence-electron chi connectivity index (χ1n) is 10.4. The van der Waals surface area contributed by atoms with Crippen molar-refractivity contribution < 1.29 is 28.7 Å². The van der Waals surface area contributed by atoms with Gasteiger partial charge in [0, 0.05) is 21.9 Å². The van der Waals surface area contributed by atoms with Crippen LogP contribution in [-0.2, 0) is 19.1 Å². The summed E-state index contributed by atoms with van der Waals surface area (Å²) in [6.45, 7) is 1.66. The van der Waals surface area contributed by atoms with Crippen LogP contribution in [-0.4, -0.2) is 47.7 Å². The number of anilines is 1. The van der Waals surface area contributed by atoms with E-state index in [9.17, 15) is 24.0 Å². The predicted octanol–water partition coefficient (Wildman–Crippen LogP) is 2.53. The summed E-state index contributed by atoms with van der Waals surface area (Å²) in [6.07, 6.45) is 0. The van der Waals surface area contributed by atoms with Crippen molar-refractivity contribution in [2.75, 3.05) is 11.5 Å². The third-order valence-corrected chi connectivity index (χ3v) is 6.44. The number of carbonyl (C=O) groups excluding carboxylic acids is 5. The number of halogens is 1. The fourth-order valence-electron chi connectivity index (χ4n) is 4.78. The molecule has 166 valence electrons. The molecule has 2 heterocycles. The monoisotopic (exact) mass is 464 g/mol. The fourth-order valence-corrected chi connectivity index (χ4v) is 4.91. The van der Waals surface area contributed by atoms with Gasteiger partial charge >= 0.3 is 5.97 Å². The van der Waals surface area contributed by atoms with Gasteiger partial charge in [0.05, 0.1) is 24.1 Å². The molecule has 8 nitrogen and oxygen atoms in total. The van der Waals surface area contributed by atoms with Crippen LogP contribution in [0.1, 0.15) is 27.6 Å². The quantitative estimate of drug-likeness (QED) is 0.390. The Balaban J connectivity index is 1.60. The number of amides is 2. The van der Waals surface area contributed by atoms with Crippen LogP contribution < -0.4 is 4.90 Å². The molecular weight excluding hydrogens is 448 g/mol. The highest BCUT2D eigenvalue weighted by Gasteiger charge is 2.62. The van der Waals surface area contributed by atoms with Crippen LogP contribution in [0.15, 0.2) is 53.5 Å². The van der Waals surface area contributed by atoms with E-state index < -0.39 is 53.1 Å². The van der Waals surface area contributed by atoms with Crippen LogP contribution in [0.25, 0.3) is 0 Å². The molecule has 0 radical (unpaired) electrons. The number of Topliss-reactive ketones (excluding diaryl/α,β-unsaturated/α-hetero) is 2. The van der Waals surface area contributed by atoms with E-state index in [1.807, 2.05) is 0 Å². The molecule has 0 aromatic heterocycles. The van der Waals surface area contributed by atoms with Gasteiger partial charge in [0.2, 0.25) is 11.8 Å². The molecular formula is C24H17ClN2O6. The number of aliphatic imine (C=N–C) groups is 1. The van der Waals surface area contributed by atoms with Gasteiger partial charge in [-0.1, -0.05) is 35.9 Å². The van der Waals surface area contributed by atoms with Crippen LogP contribution in [0.4, 0.5) is 5.69 Å². The van der Waals surface area contributed by atoms with E-state index in [-0.39, 0.29) is 29.1 Å². The molecule has 2 aromatic carbocycles. The molecule has 0 N–H and O–H groups in total. The second-order valence-corrected chi connectivity index (χ2v) is 8.39. The van der Waals surface area contributed by atoms with E-state index in [0.717, 1.165) is 4.90 Å². The summed E-state index contributed by atoms with van der Waals surface area (Å²) >= 11 is 5.93. The molecule has 3 unspecified atom stereocenters. The molecule has 3 aliphatic rings. The Hall–Kier alpha value is -3.65. The molecule has 9 heteroatoms. The lowest BCUT2D eigenvalue weighted by Crippen LogP contribution is -2.37. The number of ketones is 2. The molecule has 2 aromatic rings. The third kappa shape index (κ3) is 3.05. The van der Waals surface area contributed by atoms with Crippen molar-refractivity contribution in [3.05, 3.63) is 64.7 Å². The Kier molecular flexibility index (Phi) is 4.97. The number of esters is 1. The van der Waals surface area contributed by atoms with E-state index in [0.29, 0.717) is 5.02 Å². The van der Waals surface area contributed by atoms with Crippen molar-refractivity contribution in [3.63, 3.8) is 0 Å². The highest BCUT2D eigenvalue weighted by molar-refractivity contribution is 6.42. The number of imide groups is 1. The summed E-state index contributed by atoms with van der Waals surface area (Å²) < 4.78 is 5.09. The molecule has 0 spiro atoms. The number of fused-ring (bicyclic) bond motifs is 2. The number of rotatable bonds is 4. The van der Waals surface area contributed by atoms with E-state index >= 15 is 0 Å². The van der Waals surface area contributed by atoms with Crippen LogP contribution in [0.3, 0.4) is 0 Å². The molecule has 1 saturated heterocycles. The van der Waals surface area contributed by atoms with Crippen molar-refractivity contribution >= 4 is 52.4 Å². The molecule has 3 atom stereocenters. The van der Waals surface area contributed by atoms with Gasteiger partial charge in [-0.3, -0.25) is 24.2 Å². The number of benzene rings is 2. The summed E-state index contributed by atoms with van der Waals surface area (Å²) in [5.41, 5.74) is 0.688. The number of carbonyl (C=O) groups is 5. The van der Waals surface area contributed by atoms with Gasteiger partial charge in [-0.05, 0) is 31.2 Å². The van der Waals surface area contributed by atoms with Gasteiger partial charge in [-0.15, -0.1) is 0 Å². The number of ether oxygens (including phenoxy) is 1. The standard InChI is InChI=1S/C24H17ClN2O6/c1-2-33-24(32)19-16-15(22(30)27(23(16)31)12-9-7-11(25)8-10-12)18(26-19)17-20(28)13-5-3-4-6-14(13)21(17)29/h3-10,15-17,19H,2H2,1H3. The highest BCUT2D eigenvalue weighted by atomic mass is 35.5. The SMILES string of the molecule is CCOC(=O)C1N=C(C2C(=O)c3ccccc3C2=O)C2C(=O)N(c3ccc(Cl)cc3)C(=O)C12. The van der Waals surface area contributed by atoms with Gasteiger partial charge in [0.1, 0.15) is 5.92 Å². The number of hydrogen-bond acceptors (Lipinski definition) is 7. The Morgan fingerprint density at radius 1 is 0.970 bits per heavy atom. The average Bonchev–Trinajstić information content (AvgIpc) is 3.39. The first-order chi connectivity index (χ1) is 15.8. The topological polar surface area (TPSA) is 110 Å². The summed E-state index contributed by atoms with van der Waals surface area (Å²) in [5.74, 6) is -6.81. The minimum atomic E-state index is -1.35. The molecule has 1 fully saturated rings. The molecule has 33 heavy (non-hydrogen) atoms. The normalized spacial score (nSPS) is 24.2. The van der Waals surface area contributed by atoms with Crippen molar-refractivity contribution in [3.8, 4) is 0 Å². The highest BCUT2D eigenvalue weighted by Crippen LogP contribution is 2.43. The second-order valence-electron chi connectivity index (χ2n) is 7.95. The van der Waals surface area contributed by atoms with Crippen molar-refractivity contribution in [1.29, 1.82) is 0 Å². The number of hydrogen-bond donors (Lipinski definition) is 0. The zero-order valence-corrected chi connectivity index (χ0v) is 18.1. The van der Waals surface area contributed by atoms with Crippen molar-refractivity contribution in [2.24, 2.45) is 22.7 Å². The van der Waals surface area contributed by atoms with Crippen LogP contribution in [0.5, 0.6) is 0 Å². The summed E-state index contributed by atoms with van der Waals surface area (Å²) in [4.78, 5) is 71.0. The van der Waals surface area contributed by atoms with Crippen molar-refractivity contribution in [1.82, 2.24) is 0 Å². The van der Waals surface area contributed by atoms with Crippen LogP contribution in [0, 0.1) is 17.8 Å². The lowest BCUT2D eigenvalue weighted by Gasteiger charge is -2.18. The fraction of sp³-hybridized carbons (Fsp3) is 0.250. The zero-order chi connectivity index (χ0) is 23.4. The van der Waals surface area contributed by atoms with E-state index in [2.05, 4.69) is 4.99 Å². The average molecular weight is 465 g/mol. The Labute approximate surface area is 193 Å². The molecule has 0 saturated carbocycles. The maximum absolute atomic E-state index is 13.5. The van der Waals surface area contributed by atoms with Gasteiger partial charge in [-0.25, -0.2) is 9.69 Å². The Morgan fingerprint density at radius 2 is 1.58 bits per heavy atom. The number of nitrogens with zero attached hydrogens (tertiary/aromatic N) is 2. The lowest BCUT2D eigenvalue weighted by molar-refractivity contribution is -0.147. The second kappa shape index (κ2) is 7.74.